The lowest BCUT2D eigenvalue weighted by Crippen LogP contribution is -2.42. The van der Waals surface area contributed by atoms with Crippen LogP contribution in [0.25, 0.3) is 0 Å². The maximum absolute atomic E-state index is 12.6. The standard InChI is InChI=1S/C22H17Cl2N3O3/c1-13-5-4-6-14(11-13)20(28)26-27-22(30)17-7-2-3-8-19(17)25-21(29)16-10-9-15(23)12-18(16)24/h2-12H,1H3,(H,25,29)(H,26,28)(H,27,30). The van der Waals surface area contributed by atoms with Crippen molar-refractivity contribution in [1.29, 1.82) is 0 Å². The molecule has 0 radical (unpaired) electrons. The van der Waals surface area contributed by atoms with Crippen LogP contribution in [0.15, 0.2) is 66.7 Å². The largest absolute Gasteiger partial charge is 0.321 e. The fraction of sp³-hybridized carbons (Fsp3) is 0.0455. The quantitative estimate of drug-likeness (QED) is 0.515. The minimum Gasteiger partial charge on any atom is -0.321 e. The van der Waals surface area contributed by atoms with E-state index in [-0.39, 0.29) is 21.8 Å². The number of para-hydroxylation sites is 1. The number of halogens is 2. The van der Waals surface area contributed by atoms with Gasteiger partial charge in [0, 0.05) is 10.6 Å². The molecule has 0 aliphatic carbocycles. The molecule has 0 aliphatic heterocycles. The molecule has 152 valence electrons. The van der Waals surface area contributed by atoms with Crippen LogP contribution in [-0.4, -0.2) is 17.7 Å². The zero-order chi connectivity index (χ0) is 21.7. The van der Waals surface area contributed by atoms with Crippen molar-refractivity contribution in [3.8, 4) is 0 Å². The molecular weight excluding hydrogens is 425 g/mol. The minimum atomic E-state index is -0.589. The van der Waals surface area contributed by atoms with Gasteiger partial charge in [-0.3, -0.25) is 25.2 Å². The number of anilines is 1. The van der Waals surface area contributed by atoms with E-state index in [1.807, 2.05) is 13.0 Å². The molecule has 8 heteroatoms. The lowest BCUT2D eigenvalue weighted by atomic mass is 10.1. The monoisotopic (exact) mass is 441 g/mol. The number of carbonyl (C=O) groups excluding carboxylic acids is 3. The average Bonchev–Trinajstić information content (AvgIpc) is 2.72. The first-order valence-electron chi connectivity index (χ1n) is 8.88. The molecule has 0 bridgehead atoms. The summed E-state index contributed by atoms with van der Waals surface area (Å²) in [5, 5.41) is 3.25. The Morgan fingerprint density at radius 3 is 2.20 bits per heavy atom. The van der Waals surface area contributed by atoms with E-state index in [0.29, 0.717) is 10.6 Å². The van der Waals surface area contributed by atoms with Gasteiger partial charge in [0.05, 0.1) is 21.8 Å². The summed E-state index contributed by atoms with van der Waals surface area (Å²) >= 11 is 11.9. The van der Waals surface area contributed by atoms with Crippen LogP contribution in [-0.2, 0) is 0 Å². The Hall–Kier alpha value is -3.35. The molecule has 3 N–H and O–H groups in total. The molecule has 30 heavy (non-hydrogen) atoms. The van der Waals surface area contributed by atoms with Crippen LogP contribution in [0.2, 0.25) is 10.0 Å². The van der Waals surface area contributed by atoms with Gasteiger partial charge < -0.3 is 5.32 Å². The summed E-state index contributed by atoms with van der Waals surface area (Å²) in [7, 11) is 0. The van der Waals surface area contributed by atoms with Gasteiger partial charge >= 0.3 is 0 Å². The van der Waals surface area contributed by atoms with Crippen molar-refractivity contribution in [2.24, 2.45) is 0 Å². The molecule has 3 rings (SSSR count). The molecule has 0 saturated heterocycles. The lowest BCUT2D eigenvalue weighted by molar-refractivity contribution is 0.0847. The summed E-state index contributed by atoms with van der Waals surface area (Å²) in [6.45, 7) is 1.86. The number of amides is 3. The van der Waals surface area contributed by atoms with Gasteiger partial charge in [0.15, 0.2) is 0 Å². The van der Waals surface area contributed by atoms with Crippen molar-refractivity contribution in [3.63, 3.8) is 0 Å². The Labute approximate surface area is 183 Å². The normalized spacial score (nSPS) is 10.2. The highest BCUT2D eigenvalue weighted by Gasteiger charge is 2.17. The molecule has 0 fully saturated rings. The second-order valence-electron chi connectivity index (χ2n) is 6.40. The van der Waals surface area contributed by atoms with E-state index in [2.05, 4.69) is 16.2 Å². The smallest absolute Gasteiger partial charge is 0.271 e. The summed E-state index contributed by atoms with van der Waals surface area (Å²) < 4.78 is 0. The predicted octanol–water partition coefficient (Wildman–Crippen LogP) is 4.63. The van der Waals surface area contributed by atoms with Crippen molar-refractivity contribution >= 4 is 46.6 Å². The number of nitrogens with one attached hydrogen (secondary N) is 3. The fourth-order valence-electron chi connectivity index (χ4n) is 2.69. The van der Waals surface area contributed by atoms with Crippen molar-refractivity contribution < 1.29 is 14.4 Å². The van der Waals surface area contributed by atoms with Gasteiger partial charge in [-0.05, 0) is 49.4 Å². The predicted molar refractivity (Wildman–Crippen MR) is 117 cm³/mol. The number of rotatable bonds is 4. The van der Waals surface area contributed by atoms with Crippen molar-refractivity contribution in [3.05, 3.63) is 99.0 Å². The third-order valence-corrected chi connectivity index (χ3v) is 4.71. The summed E-state index contributed by atoms with van der Waals surface area (Å²) in [5.74, 6) is -1.55. The highest BCUT2D eigenvalue weighted by molar-refractivity contribution is 6.37. The topological polar surface area (TPSA) is 87.3 Å². The molecule has 0 unspecified atom stereocenters. The van der Waals surface area contributed by atoms with Gasteiger partial charge in [0.2, 0.25) is 0 Å². The van der Waals surface area contributed by atoms with Crippen LogP contribution in [0, 0.1) is 6.92 Å². The highest BCUT2D eigenvalue weighted by atomic mass is 35.5. The van der Waals surface area contributed by atoms with Crippen LogP contribution in [0.3, 0.4) is 0 Å². The van der Waals surface area contributed by atoms with E-state index in [4.69, 9.17) is 23.2 Å². The van der Waals surface area contributed by atoms with Crippen molar-refractivity contribution in [2.75, 3.05) is 5.32 Å². The molecule has 0 spiro atoms. The summed E-state index contributed by atoms with van der Waals surface area (Å²) in [5.41, 5.74) is 6.69. The molecule has 3 amide bonds. The molecule has 0 heterocycles. The Morgan fingerprint density at radius 1 is 0.733 bits per heavy atom. The molecule has 0 saturated carbocycles. The van der Waals surface area contributed by atoms with E-state index >= 15 is 0 Å². The molecule has 6 nitrogen and oxygen atoms in total. The molecule has 3 aromatic rings. The molecule has 0 aromatic heterocycles. The first-order valence-corrected chi connectivity index (χ1v) is 9.63. The number of hydrogen-bond acceptors (Lipinski definition) is 3. The summed E-state index contributed by atoms with van der Waals surface area (Å²) in [6, 6.07) is 17.8. The first kappa shape index (κ1) is 21.4. The molecule has 3 aromatic carbocycles. The third kappa shape index (κ3) is 5.17. The van der Waals surface area contributed by atoms with E-state index in [0.717, 1.165) is 5.56 Å². The molecular formula is C22H17Cl2N3O3. The Bertz CT molecular complexity index is 1130. The second kappa shape index (κ2) is 9.43. The second-order valence-corrected chi connectivity index (χ2v) is 7.25. The Kier molecular flexibility index (Phi) is 6.72. The average molecular weight is 442 g/mol. The van der Waals surface area contributed by atoms with Gasteiger partial charge in [-0.1, -0.05) is 53.0 Å². The fourth-order valence-corrected chi connectivity index (χ4v) is 3.19. The van der Waals surface area contributed by atoms with E-state index in [1.165, 1.54) is 18.2 Å². The van der Waals surface area contributed by atoms with E-state index in [9.17, 15) is 14.4 Å². The highest BCUT2D eigenvalue weighted by Crippen LogP contribution is 2.23. The van der Waals surface area contributed by atoms with Crippen molar-refractivity contribution in [1.82, 2.24) is 10.9 Å². The zero-order valence-electron chi connectivity index (χ0n) is 15.8. The van der Waals surface area contributed by atoms with E-state index in [1.54, 1.807) is 42.5 Å². The van der Waals surface area contributed by atoms with Gasteiger partial charge in [-0.2, -0.15) is 0 Å². The Balaban J connectivity index is 1.72. The number of aryl methyl sites for hydroxylation is 1. The van der Waals surface area contributed by atoms with Gasteiger partial charge in [-0.15, -0.1) is 0 Å². The van der Waals surface area contributed by atoms with E-state index < -0.39 is 17.7 Å². The first-order chi connectivity index (χ1) is 14.3. The van der Waals surface area contributed by atoms with Gasteiger partial charge in [0.1, 0.15) is 0 Å². The lowest BCUT2D eigenvalue weighted by Gasteiger charge is -2.13. The van der Waals surface area contributed by atoms with Gasteiger partial charge in [0.25, 0.3) is 17.7 Å². The van der Waals surface area contributed by atoms with Crippen molar-refractivity contribution in [2.45, 2.75) is 6.92 Å². The summed E-state index contributed by atoms with van der Waals surface area (Å²) in [4.78, 5) is 37.4. The minimum absolute atomic E-state index is 0.167. The molecule has 0 atom stereocenters. The van der Waals surface area contributed by atoms with Gasteiger partial charge in [-0.25, -0.2) is 0 Å². The maximum atomic E-state index is 12.6. The third-order valence-electron chi connectivity index (χ3n) is 4.17. The summed E-state index contributed by atoms with van der Waals surface area (Å²) in [6.07, 6.45) is 0. The van der Waals surface area contributed by atoms with Crippen LogP contribution in [0.1, 0.15) is 36.6 Å². The number of carbonyl (C=O) groups is 3. The maximum Gasteiger partial charge on any atom is 0.271 e. The number of benzene rings is 3. The van der Waals surface area contributed by atoms with Crippen LogP contribution in [0.4, 0.5) is 5.69 Å². The number of hydrazine groups is 1. The number of hydrogen-bond donors (Lipinski definition) is 3. The van der Waals surface area contributed by atoms with Crippen LogP contribution in [0.5, 0.6) is 0 Å². The van der Waals surface area contributed by atoms with Crippen LogP contribution >= 0.6 is 23.2 Å². The Morgan fingerprint density at radius 2 is 1.47 bits per heavy atom. The molecule has 0 aliphatic rings. The SMILES string of the molecule is Cc1cccc(C(=O)NNC(=O)c2ccccc2NC(=O)c2ccc(Cl)cc2Cl)c1. The van der Waals surface area contributed by atoms with Crippen LogP contribution < -0.4 is 16.2 Å². The zero-order valence-corrected chi connectivity index (χ0v) is 17.3.